The van der Waals surface area contributed by atoms with Gasteiger partial charge in [-0.1, -0.05) is 19.4 Å². The zero-order valence-electron chi connectivity index (χ0n) is 9.61. The van der Waals surface area contributed by atoms with E-state index in [0.29, 0.717) is 19.0 Å². The van der Waals surface area contributed by atoms with Crippen LogP contribution < -0.4 is 5.73 Å². The molecule has 0 radical (unpaired) electrons. The number of hydrogen-bond donors (Lipinski definition) is 1. The minimum absolute atomic E-state index is 0.0218. The number of amides is 1. The zero-order chi connectivity index (χ0) is 11.3. The third kappa shape index (κ3) is 4.04. The molecule has 1 amide bonds. The van der Waals surface area contributed by atoms with E-state index in [1.54, 1.807) is 6.08 Å². The molecule has 1 aliphatic rings. The molecular weight excluding hydrogens is 188 g/mol. The van der Waals surface area contributed by atoms with Crippen molar-refractivity contribution in [2.24, 2.45) is 5.73 Å². The van der Waals surface area contributed by atoms with Crippen LogP contribution in [0.1, 0.15) is 39.0 Å². The largest absolute Gasteiger partial charge is 0.336 e. The summed E-state index contributed by atoms with van der Waals surface area (Å²) in [5.74, 6) is 0.193. The SMILES string of the molecule is C=CCN(C(=O)CC(N)CCC)C1CC1. The van der Waals surface area contributed by atoms with Crippen molar-refractivity contribution < 1.29 is 4.79 Å². The van der Waals surface area contributed by atoms with Crippen LogP contribution in [0.5, 0.6) is 0 Å². The number of nitrogens with zero attached hydrogens (tertiary/aromatic N) is 1. The maximum atomic E-state index is 11.9. The lowest BCUT2D eigenvalue weighted by Gasteiger charge is -2.22. The van der Waals surface area contributed by atoms with Crippen molar-refractivity contribution in [1.29, 1.82) is 0 Å². The minimum Gasteiger partial charge on any atom is -0.336 e. The normalized spacial score (nSPS) is 17.2. The second kappa shape index (κ2) is 5.91. The summed E-state index contributed by atoms with van der Waals surface area (Å²) >= 11 is 0. The van der Waals surface area contributed by atoms with Crippen molar-refractivity contribution in [3.8, 4) is 0 Å². The van der Waals surface area contributed by atoms with Crippen LogP contribution in [0.4, 0.5) is 0 Å². The smallest absolute Gasteiger partial charge is 0.224 e. The maximum absolute atomic E-state index is 11.9. The van der Waals surface area contributed by atoms with Gasteiger partial charge in [-0.2, -0.15) is 0 Å². The Labute approximate surface area is 92.3 Å². The van der Waals surface area contributed by atoms with E-state index in [4.69, 9.17) is 5.73 Å². The van der Waals surface area contributed by atoms with Crippen molar-refractivity contribution in [3.63, 3.8) is 0 Å². The molecule has 1 unspecified atom stereocenters. The van der Waals surface area contributed by atoms with E-state index < -0.39 is 0 Å². The zero-order valence-corrected chi connectivity index (χ0v) is 9.61. The lowest BCUT2D eigenvalue weighted by Crippen LogP contribution is -2.37. The number of rotatable bonds is 7. The molecule has 3 nitrogen and oxygen atoms in total. The van der Waals surface area contributed by atoms with Gasteiger partial charge in [-0.15, -0.1) is 6.58 Å². The number of carbonyl (C=O) groups excluding carboxylic acids is 1. The van der Waals surface area contributed by atoms with Crippen LogP contribution in [0.3, 0.4) is 0 Å². The van der Waals surface area contributed by atoms with Gasteiger partial charge in [0.05, 0.1) is 0 Å². The molecule has 0 aromatic carbocycles. The first kappa shape index (κ1) is 12.2. The summed E-state index contributed by atoms with van der Waals surface area (Å²) in [6.45, 7) is 6.44. The van der Waals surface area contributed by atoms with Gasteiger partial charge in [0.15, 0.2) is 0 Å². The lowest BCUT2D eigenvalue weighted by atomic mass is 10.1. The third-order valence-electron chi connectivity index (χ3n) is 2.73. The Balaban J connectivity index is 2.37. The van der Waals surface area contributed by atoms with Gasteiger partial charge in [-0.05, 0) is 19.3 Å². The van der Waals surface area contributed by atoms with Crippen molar-refractivity contribution in [1.82, 2.24) is 4.90 Å². The predicted molar refractivity (Wildman–Crippen MR) is 62.4 cm³/mol. The topological polar surface area (TPSA) is 46.3 Å². The predicted octanol–water partition coefficient (Wildman–Crippen LogP) is 1.68. The molecule has 1 atom stereocenters. The first-order valence-electron chi connectivity index (χ1n) is 5.85. The second-order valence-electron chi connectivity index (χ2n) is 4.32. The molecule has 1 rings (SSSR count). The lowest BCUT2D eigenvalue weighted by molar-refractivity contribution is -0.131. The average molecular weight is 210 g/mol. The number of hydrogen-bond acceptors (Lipinski definition) is 2. The highest BCUT2D eigenvalue weighted by atomic mass is 16.2. The highest BCUT2D eigenvalue weighted by Gasteiger charge is 2.31. The van der Waals surface area contributed by atoms with Crippen LogP contribution in [0.2, 0.25) is 0 Å². The molecule has 1 aliphatic carbocycles. The quantitative estimate of drug-likeness (QED) is 0.650. The summed E-state index contributed by atoms with van der Waals surface area (Å²) in [4.78, 5) is 13.8. The fourth-order valence-electron chi connectivity index (χ4n) is 1.79. The van der Waals surface area contributed by atoms with Gasteiger partial charge in [0, 0.05) is 25.0 Å². The van der Waals surface area contributed by atoms with Crippen molar-refractivity contribution in [3.05, 3.63) is 12.7 Å². The third-order valence-corrected chi connectivity index (χ3v) is 2.73. The molecule has 0 spiro atoms. The molecule has 3 heteroatoms. The standard InChI is InChI=1S/C12H22N2O/c1-3-5-10(13)9-12(15)14(8-4-2)11-6-7-11/h4,10-11H,2-3,5-9,13H2,1H3. The van der Waals surface area contributed by atoms with Gasteiger partial charge < -0.3 is 10.6 Å². The van der Waals surface area contributed by atoms with Crippen LogP contribution in [0.25, 0.3) is 0 Å². The van der Waals surface area contributed by atoms with Gasteiger partial charge >= 0.3 is 0 Å². The van der Waals surface area contributed by atoms with Crippen molar-refractivity contribution in [2.75, 3.05) is 6.54 Å². The van der Waals surface area contributed by atoms with Gasteiger partial charge in [0.2, 0.25) is 5.91 Å². The van der Waals surface area contributed by atoms with Crippen molar-refractivity contribution >= 4 is 5.91 Å². The summed E-state index contributed by atoms with van der Waals surface area (Å²) in [6, 6.07) is 0.484. The summed E-state index contributed by atoms with van der Waals surface area (Å²) in [5, 5.41) is 0. The van der Waals surface area contributed by atoms with E-state index in [2.05, 4.69) is 13.5 Å². The molecule has 0 bridgehead atoms. The van der Waals surface area contributed by atoms with Crippen LogP contribution in [0.15, 0.2) is 12.7 Å². The van der Waals surface area contributed by atoms with Gasteiger partial charge in [-0.3, -0.25) is 4.79 Å². The van der Waals surface area contributed by atoms with Crippen LogP contribution in [0, 0.1) is 0 Å². The molecule has 0 saturated heterocycles. The molecule has 0 aromatic rings. The molecule has 86 valence electrons. The maximum Gasteiger partial charge on any atom is 0.224 e. The second-order valence-corrected chi connectivity index (χ2v) is 4.32. The van der Waals surface area contributed by atoms with Crippen LogP contribution in [-0.4, -0.2) is 29.4 Å². The summed E-state index contributed by atoms with van der Waals surface area (Å²) in [5.41, 5.74) is 5.87. The Morgan fingerprint density at radius 1 is 1.67 bits per heavy atom. The fourth-order valence-corrected chi connectivity index (χ4v) is 1.79. The molecular formula is C12H22N2O. The molecule has 15 heavy (non-hydrogen) atoms. The van der Waals surface area contributed by atoms with Gasteiger partial charge in [0.1, 0.15) is 0 Å². The van der Waals surface area contributed by atoms with E-state index in [0.717, 1.165) is 25.7 Å². The molecule has 0 heterocycles. The first-order valence-corrected chi connectivity index (χ1v) is 5.85. The molecule has 1 saturated carbocycles. The van der Waals surface area contributed by atoms with Gasteiger partial charge in [0.25, 0.3) is 0 Å². The van der Waals surface area contributed by atoms with E-state index in [1.807, 2.05) is 4.90 Å². The molecule has 2 N–H and O–H groups in total. The van der Waals surface area contributed by atoms with Crippen molar-refractivity contribution in [2.45, 2.75) is 51.1 Å². The number of nitrogens with two attached hydrogens (primary N) is 1. The summed E-state index contributed by atoms with van der Waals surface area (Å²) in [6.07, 6.45) is 6.53. The minimum atomic E-state index is 0.0218. The van der Waals surface area contributed by atoms with E-state index in [1.165, 1.54) is 0 Å². The van der Waals surface area contributed by atoms with E-state index in [9.17, 15) is 4.79 Å². The number of carbonyl (C=O) groups is 1. The fraction of sp³-hybridized carbons (Fsp3) is 0.750. The van der Waals surface area contributed by atoms with E-state index >= 15 is 0 Å². The summed E-state index contributed by atoms with van der Waals surface area (Å²) in [7, 11) is 0. The Morgan fingerprint density at radius 3 is 2.80 bits per heavy atom. The van der Waals surface area contributed by atoms with E-state index in [-0.39, 0.29) is 11.9 Å². The molecule has 0 aromatic heterocycles. The van der Waals surface area contributed by atoms with Crippen LogP contribution >= 0.6 is 0 Å². The Morgan fingerprint density at radius 2 is 2.33 bits per heavy atom. The molecule has 1 fully saturated rings. The highest BCUT2D eigenvalue weighted by molar-refractivity contribution is 5.77. The van der Waals surface area contributed by atoms with Crippen LogP contribution in [-0.2, 0) is 4.79 Å². The Bertz CT molecular complexity index is 224. The summed E-state index contributed by atoms with van der Waals surface area (Å²) < 4.78 is 0. The van der Waals surface area contributed by atoms with Gasteiger partial charge in [-0.25, -0.2) is 0 Å². The first-order chi connectivity index (χ1) is 7.19. The Kier molecular flexibility index (Phi) is 4.82. The molecule has 0 aliphatic heterocycles. The highest BCUT2D eigenvalue weighted by Crippen LogP contribution is 2.27. The average Bonchev–Trinajstić information content (AvgIpc) is 2.97. The monoisotopic (exact) mass is 210 g/mol. The Hall–Kier alpha value is -0.830.